The third-order valence-electron chi connectivity index (χ3n) is 2.63. The molecule has 0 saturated heterocycles. The molecule has 3 heteroatoms. The Kier molecular flexibility index (Phi) is 3.60. The molecule has 0 unspecified atom stereocenters. The maximum Gasteiger partial charge on any atom is 0.142 e. The number of rotatable bonds is 4. The predicted molar refractivity (Wildman–Crippen MR) is 68.8 cm³/mol. The quantitative estimate of drug-likeness (QED) is 0.818. The molecule has 0 saturated carbocycles. The molecule has 0 atom stereocenters. The molecule has 0 fully saturated rings. The van der Waals surface area contributed by atoms with Crippen LogP contribution in [-0.4, -0.2) is 4.98 Å². The largest absolute Gasteiger partial charge is 0.487 e. The molecule has 88 valence electrons. The summed E-state index contributed by atoms with van der Waals surface area (Å²) in [6.45, 7) is 2.62. The Balaban J connectivity index is 2.04. The fraction of sp³-hybridized carbons (Fsp3) is 0.214. The Morgan fingerprint density at radius 3 is 2.53 bits per heavy atom. The van der Waals surface area contributed by atoms with Crippen LogP contribution in [-0.2, 0) is 13.0 Å². The van der Waals surface area contributed by atoms with Crippen LogP contribution in [0, 0.1) is 0 Å². The van der Waals surface area contributed by atoms with Crippen molar-refractivity contribution in [3.63, 3.8) is 0 Å². The average molecular weight is 228 g/mol. The third-order valence-corrected chi connectivity index (χ3v) is 2.63. The number of benzene rings is 1. The number of anilines is 1. The molecule has 1 aromatic heterocycles. The van der Waals surface area contributed by atoms with Gasteiger partial charge in [-0.2, -0.15) is 0 Å². The lowest BCUT2D eigenvalue weighted by molar-refractivity contribution is 0.308. The minimum absolute atomic E-state index is 0.512. The van der Waals surface area contributed by atoms with Gasteiger partial charge in [0.1, 0.15) is 12.4 Å². The average Bonchev–Trinajstić information content (AvgIpc) is 2.38. The SMILES string of the molecule is CCc1ccc(OCc2ccncc2)c(N)c1. The first kappa shape index (κ1) is 11.5. The summed E-state index contributed by atoms with van der Waals surface area (Å²) in [4.78, 5) is 3.96. The summed E-state index contributed by atoms with van der Waals surface area (Å²) in [5.41, 5.74) is 8.92. The van der Waals surface area contributed by atoms with E-state index < -0.39 is 0 Å². The van der Waals surface area contributed by atoms with E-state index in [-0.39, 0.29) is 0 Å². The van der Waals surface area contributed by atoms with Gasteiger partial charge in [0, 0.05) is 12.4 Å². The summed E-state index contributed by atoms with van der Waals surface area (Å²) in [6, 6.07) is 9.78. The normalized spacial score (nSPS) is 10.2. The van der Waals surface area contributed by atoms with Gasteiger partial charge in [0.2, 0.25) is 0 Å². The van der Waals surface area contributed by atoms with Crippen LogP contribution >= 0.6 is 0 Å². The number of nitrogens with two attached hydrogens (primary N) is 1. The number of aryl methyl sites for hydroxylation is 1. The van der Waals surface area contributed by atoms with Crippen molar-refractivity contribution < 1.29 is 4.74 Å². The Morgan fingerprint density at radius 1 is 1.12 bits per heavy atom. The second kappa shape index (κ2) is 5.34. The smallest absolute Gasteiger partial charge is 0.142 e. The van der Waals surface area contributed by atoms with Crippen LogP contribution in [0.15, 0.2) is 42.7 Å². The molecule has 0 spiro atoms. The Hall–Kier alpha value is -2.03. The Bertz CT molecular complexity index is 483. The summed E-state index contributed by atoms with van der Waals surface area (Å²) in [6.07, 6.45) is 4.49. The van der Waals surface area contributed by atoms with Gasteiger partial charge in [-0.25, -0.2) is 0 Å². The number of hydrogen-bond donors (Lipinski definition) is 1. The predicted octanol–water partition coefficient (Wildman–Crippen LogP) is 2.81. The fourth-order valence-corrected chi connectivity index (χ4v) is 1.59. The summed E-state index contributed by atoms with van der Waals surface area (Å²) >= 11 is 0. The van der Waals surface area contributed by atoms with E-state index in [1.807, 2.05) is 30.3 Å². The number of ether oxygens (including phenoxy) is 1. The van der Waals surface area contributed by atoms with E-state index in [1.165, 1.54) is 5.56 Å². The molecule has 0 aliphatic rings. The molecule has 0 radical (unpaired) electrons. The molecule has 3 nitrogen and oxygen atoms in total. The van der Waals surface area contributed by atoms with Crippen molar-refractivity contribution in [2.24, 2.45) is 0 Å². The maximum absolute atomic E-state index is 5.92. The Morgan fingerprint density at radius 2 is 1.88 bits per heavy atom. The second-order valence-corrected chi connectivity index (χ2v) is 3.87. The highest BCUT2D eigenvalue weighted by Crippen LogP contribution is 2.23. The van der Waals surface area contributed by atoms with Gasteiger partial charge in [0.15, 0.2) is 0 Å². The van der Waals surface area contributed by atoms with Crippen LogP contribution in [0.2, 0.25) is 0 Å². The van der Waals surface area contributed by atoms with Gasteiger partial charge < -0.3 is 10.5 Å². The van der Waals surface area contributed by atoms with Crippen molar-refractivity contribution >= 4 is 5.69 Å². The van der Waals surface area contributed by atoms with E-state index in [2.05, 4.69) is 11.9 Å². The van der Waals surface area contributed by atoms with E-state index in [0.717, 1.165) is 17.7 Å². The van der Waals surface area contributed by atoms with Crippen LogP contribution in [0.5, 0.6) is 5.75 Å². The molecular formula is C14H16N2O. The molecule has 0 aliphatic carbocycles. The number of nitrogens with zero attached hydrogens (tertiary/aromatic N) is 1. The minimum atomic E-state index is 0.512. The number of hydrogen-bond acceptors (Lipinski definition) is 3. The van der Waals surface area contributed by atoms with Crippen LogP contribution in [0.4, 0.5) is 5.69 Å². The molecule has 2 N–H and O–H groups in total. The molecule has 2 rings (SSSR count). The van der Waals surface area contributed by atoms with E-state index in [4.69, 9.17) is 10.5 Å². The second-order valence-electron chi connectivity index (χ2n) is 3.87. The standard InChI is InChI=1S/C14H16N2O/c1-2-11-3-4-14(13(15)9-11)17-10-12-5-7-16-8-6-12/h3-9H,2,10,15H2,1H3. The van der Waals surface area contributed by atoms with Crippen molar-refractivity contribution in [1.82, 2.24) is 4.98 Å². The van der Waals surface area contributed by atoms with Crippen molar-refractivity contribution in [3.8, 4) is 5.75 Å². The summed E-state index contributed by atoms with van der Waals surface area (Å²) in [5.74, 6) is 0.735. The van der Waals surface area contributed by atoms with Gasteiger partial charge in [0.05, 0.1) is 5.69 Å². The lowest BCUT2D eigenvalue weighted by Crippen LogP contribution is -1.99. The van der Waals surface area contributed by atoms with Gasteiger partial charge in [-0.05, 0) is 41.8 Å². The van der Waals surface area contributed by atoms with Gasteiger partial charge in [-0.3, -0.25) is 4.98 Å². The molecular weight excluding hydrogens is 212 g/mol. The summed E-state index contributed by atoms with van der Waals surface area (Å²) < 4.78 is 5.67. The molecule has 0 amide bonds. The first-order chi connectivity index (χ1) is 8.29. The zero-order valence-corrected chi connectivity index (χ0v) is 9.89. The number of aromatic nitrogens is 1. The monoisotopic (exact) mass is 228 g/mol. The first-order valence-electron chi connectivity index (χ1n) is 5.69. The van der Waals surface area contributed by atoms with Gasteiger partial charge in [0.25, 0.3) is 0 Å². The lowest BCUT2D eigenvalue weighted by atomic mass is 10.1. The number of nitrogen functional groups attached to an aromatic ring is 1. The number of pyridine rings is 1. The van der Waals surface area contributed by atoms with Crippen LogP contribution in [0.3, 0.4) is 0 Å². The van der Waals surface area contributed by atoms with Crippen molar-refractivity contribution in [2.45, 2.75) is 20.0 Å². The van der Waals surface area contributed by atoms with Gasteiger partial charge in [-0.1, -0.05) is 13.0 Å². The zero-order valence-electron chi connectivity index (χ0n) is 9.89. The third kappa shape index (κ3) is 2.97. The molecule has 0 aliphatic heterocycles. The van der Waals surface area contributed by atoms with Crippen LogP contribution in [0.25, 0.3) is 0 Å². The fourth-order valence-electron chi connectivity index (χ4n) is 1.59. The van der Waals surface area contributed by atoms with Crippen molar-refractivity contribution in [2.75, 3.05) is 5.73 Å². The van der Waals surface area contributed by atoms with Gasteiger partial charge >= 0.3 is 0 Å². The summed E-state index contributed by atoms with van der Waals surface area (Å²) in [5, 5.41) is 0. The molecule has 2 aromatic rings. The van der Waals surface area contributed by atoms with E-state index >= 15 is 0 Å². The highest BCUT2D eigenvalue weighted by molar-refractivity contribution is 5.54. The maximum atomic E-state index is 5.92. The highest BCUT2D eigenvalue weighted by Gasteiger charge is 2.01. The first-order valence-corrected chi connectivity index (χ1v) is 5.69. The van der Waals surface area contributed by atoms with E-state index in [9.17, 15) is 0 Å². The van der Waals surface area contributed by atoms with E-state index in [1.54, 1.807) is 12.4 Å². The molecule has 1 heterocycles. The van der Waals surface area contributed by atoms with Crippen molar-refractivity contribution in [3.05, 3.63) is 53.9 Å². The van der Waals surface area contributed by atoms with Crippen LogP contribution < -0.4 is 10.5 Å². The highest BCUT2D eigenvalue weighted by atomic mass is 16.5. The topological polar surface area (TPSA) is 48.1 Å². The molecule has 0 bridgehead atoms. The van der Waals surface area contributed by atoms with Crippen LogP contribution in [0.1, 0.15) is 18.1 Å². The zero-order chi connectivity index (χ0) is 12.1. The summed E-state index contributed by atoms with van der Waals surface area (Å²) in [7, 11) is 0. The lowest BCUT2D eigenvalue weighted by Gasteiger charge is -2.09. The van der Waals surface area contributed by atoms with E-state index in [0.29, 0.717) is 12.3 Å². The minimum Gasteiger partial charge on any atom is -0.487 e. The van der Waals surface area contributed by atoms with Crippen molar-refractivity contribution in [1.29, 1.82) is 0 Å². The molecule has 1 aromatic carbocycles. The molecule has 17 heavy (non-hydrogen) atoms. The Labute approximate surface area is 101 Å². The van der Waals surface area contributed by atoms with Gasteiger partial charge in [-0.15, -0.1) is 0 Å².